The van der Waals surface area contributed by atoms with E-state index in [0.717, 1.165) is 16.9 Å². The lowest BCUT2D eigenvalue weighted by molar-refractivity contribution is -0.143. The molecule has 9 heteroatoms. The van der Waals surface area contributed by atoms with Crippen LogP contribution in [-0.4, -0.2) is 69.4 Å². The van der Waals surface area contributed by atoms with Gasteiger partial charge >= 0.3 is 6.03 Å². The maximum Gasteiger partial charge on any atom is 0.317 e. The van der Waals surface area contributed by atoms with Crippen molar-refractivity contribution >= 4 is 28.9 Å². The minimum atomic E-state index is -0.485. The molecule has 0 spiro atoms. The molecular weight excluding hydrogens is 348 g/mol. The minimum Gasteiger partial charge on any atom is -0.345 e. The Morgan fingerprint density at radius 3 is 2.89 bits per heavy atom. The van der Waals surface area contributed by atoms with Crippen molar-refractivity contribution in [1.29, 1.82) is 0 Å². The topological polar surface area (TPSA) is 99.6 Å². The molecule has 142 valence electrons. The number of fused-ring (bicyclic) bond motifs is 2. The molecule has 1 aromatic heterocycles. The number of hydrogen-bond donors (Lipinski definition) is 2. The summed E-state index contributed by atoms with van der Waals surface area (Å²) in [5.41, 5.74) is 1.90. The van der Waals surface area contributed by atoms with Gasteiger partial charge < -0.3 is 25.0 Å². The predicted molar refractivity (Wildman–Crippen MR) is 97.6 cm³/mol. The highest BCUT2D eigenvalue weighted by molar-refractivity contribution is 5.95. The van der Waals surface area contributed by atoms with Crippen molar-refractivity contribution in [3.05, 3.63) is 30.1 Å². The zero-order valence-corrected chi connectivity index (χ0v) is 15.3. The largest absolute Gasteiger partial charge is 0.345 e. The molecule has 4 amide bonds. The monoisotopic (exact) mass is 370 g/mol. The number of rotatable bonds is 3. The average Bonchev–Trinajstić information content (AvgIpc) is 3.21. The zero-order chi connectivity index (χ0) is 19.1. The molecule has 0 unspecified atom stereocenters. The van der Waals surface area contributed by atoms with Crippen LogP contribution < -0.4 is 10.6 Å². The van der Waals surface area contributed by atoms with E-state index in [9.17, 15) is 14.4 Å². The molecule has 2 aromatic rings. The first-order valence-electron chi connectivity index (χ1n) is 8.93. The molecule has 0 radical (unpaired) electrons. The molecule has 27 heavy (non-hydrogen) atoms. The number of carbonyl (C=O) groups is 3. The van der Waals surface area contributed by atoms with Crippen molar-refractivity contribution in [1.82, 2.24) is 30.0 Å². The summed E-state index contributed by atoms with van der Waals surface area (Å²) in [7, 11) is 3.63. The zero-order valence-electron chi connectivity index (χ0n) is 15.3. The maximum absolute atomic E-state index is 12.6. The van der Waals surface area contributed by atoms with Gasteiger partial charge in [0, 0.05) is 20.6 Å². The third-order valence-electron chi connectivity index (χ3n) is 5.27. The second kappa shape index (κ2) is 6.57. The number of piperazine rings is 1. The lowest BCUT2D eigenvalue weighted by Gasteiger charge is -2.28. The summed E-state index contributed by atoms with van der Waals surface area (Å²) >= 11 is 0. The third kappa shape index (κ3) is 3.09. The highest BCUT2D eigenvalue weighted by Gasteiger charge is 2.43. The van der Waals surface area contributed by atoms with Crippen LogP contribution in [-0.2, 0) is 23.2 Å². The number of amides is 4. The van der Waals surface area contributed by atoms with Crippen LogP contribution in [0.3, 0.4) is 0 Å². The third-order valence-corrected chi connectivity index (χ3v) is 5.27. The van der Waals surface area contributed by atoms with Gasteiger partial charge in [0.2, 0.25) is 11.8 Å². The smallest absolute Gasteiger partial charge is 0.317 e. The van der Waals surface area contributed by atoms with Crippen LogP contribution >= 0.6 is 0 Å². The van der Waals surface area contributed by atoms with Gasteiger partial charge in [-0.05, 0) is 18.6 Å². The number of imidazole rings is 1. The first-order valence-corrected chi connectivity index (χ1v) is 8.93. The molecular formula is C18H22N6O3. The van der Waals surface area contributed by atoms with Crippen LogP contribution in [0.4, 0.5) is 4.79 Å². The summed E-state index contributed by atoms with van der Waals surface area (Å²) in [6, 6.07) is 6.84. The summed E-state index contributed by atoms with van der Waals surface area (Å²) in [6.45, 7) is 0.752. The Morgan fingerprint density at radius 2 is 2.15 bits per heavy atom. The number of para-hydroxylation sites is 2. The number of aromatic nitrogens is 2. The maximum atomic E-state index is 12.6. The highest BCUT2D eigenvalue weighted by atomic mass is 16.2. The van der Waals surface area contributed by atoms with Crippen molar-refractivity contribution < 1.29 is 14.4 Å². The standard InChI is InChI=1S/C18H22N6O3/c1-22(10-15-21-12-5-3-4-6-13(12)23(15)2)18(27)20-11-7-14-17(26)19-8-16(25)24(14)9-11/h3-6,11,14H,7-10H2,1-2H3,(H,19,26)(H,20,27)/t11-,14-/m0/s1. The quantitative estimate of drug-likeness (QED) is 0.782. The van der Waals surface area contributed by atoms with E-state index in [1.165, 1.54) is 0 Å². The Kier molecular flexibility index (Phi) is 4.21. The first-order chi connectivity index (χ1) is 12.9. The van der Waals surface area contributed by atoms with Crippen LogP contribution in [0.5, 0.6) is 0 Å². The van der Waals surface area contributed by atoms with Gasteiger partial charge in [0.05, 0.1) is 30.2 Å². The normalized spacial score (nSPS) is 21.9. The summed E-state index contributed by atoms with van der Waals surface area (Å²) in [4.78, 5) is 44.1. The molecule has 2 saturated heterocycles. The van der Waals surface area contributed by atoms with E-state index in [4.69, 9.17) is 0 Å². The van der Waals surface area contributed by atoms with Crippen molar-refractivity contribution in [3.63, 3.8) is 0 Å². The van der Waals surface area contributed by atoms with Crippen molar-refractivity contribution in [2.45, 2.75) is 25.0 Å². The van der Waals surface area contributed by atoms with Crippen molar-refractivity contribution in [3.8, 4) is 0 Å². The molecule has 0 bridgehead atoms. The number of urea groups is 1. The molecule has 9 nitrogen and oxygen atoms in total. The summed E-state index contributed by atoms with van der Waals surface area (Å²) < 4.78 is 1.97. The number of carbonyl (C=O) groups excluding carboxylic acids is 3. The number of hydrogen-bond acceptors (Lipinski definition) is 4. The summed E-state index contributed by atoms with van der Waals surface area (Å²) in [5.74, 6) is 0.524. The minimum absolute atomic E-state index is 0.0304. The van der Waals surface area contributed by atoms with E-state index in [-0.39, 0.29) is 30.4 Å². The Balaban J connectivity index is 1.40. The highest BCUT2D eigenvalue weighted by Crippen LogP contribution is 2.21. The second-order valence-electron chi connectivity index (χ2n) is 7.09. The van der Waals surface area contributed by atoms with Gasteiger partial charge in [-0.2, -0.15) is 0 Å². The van der Waals surface area contributed by atoms with E-state index < -0.39 is 6.04 Å². The molecule has 1 aromatic carbocycles. The molecule has 4 rings (SSSR count). The fraction of sp³-hybridized carbons (Fsp3) is 0.444. The first kappa shape index (κ1) is 17.3. The lowest BCUT2D eigenvalue weighted by Crippen LogP contribution is -2.55. The van der Waals surface area contributed by atoms with Gasteiger partial charge in [-0.3, -0.25) is 9.59 Å². The van der Waals surface area contributed by atoms with Crippen LogP contribution in [0, 0.1) is 0 Å². The van der Waals surface area contributed by atoms with Gasteiger partial charge in [-0.1, -0.05) is 12.1 Å². The Hall–Kier alpha value is -3.10. The summed E-state index contributed by atoms with van der Waals surface area (Å²) in [5, 5.41) is 5.51. The number of nitrogens with one attached hydrogen (secondary N) is 2. The van der Waals surface area contributed by atoms with E-state index in [1.54, 1.807) is 16.8 Å². The Bertz CT molecular complexity index is 899. The van der Waals surface area contributed by atoms with Crippen molar-refractivity contribution in [2.24, 2.45) is 7.05 Å². The van der Waals surface area contributed by atoms with E-state index in [0.29, 0.717) is 19.5 Å². The Labute approximate surface area is 156 Å². The molecule has 2 atom stereocenters. The average molecular weight is 370 g/mol. The van der Waals surface area contributed by atoms with E-state index in [2.05, 4.69) is 15.6 Å². The fourth-order valence-corrected chi connectivity index (χ4v) is 3.75. The van der Waals surface area contributed by atoms with Gasteiger partial charge in [0.1, 0.15) is 11.9 Å². The fourth-order valence-electron chi connectivity index (χ4n) is 3.75. The molecule has 0 saturated carbocycles. The second-order valence-corrected chi connectivity index (χ2v) is 7.09. The molecule has 2 fully saturated rings. The molecule has 2 aliphatic rings. The summed E-state index contributed by atoms with van der Waals surface area (Å²) in [6.07, 6.45) is 0.434. The van der Waals surface area contributed by atoms with Crippen LogP contribution in [0.25, 0.3) is 11.0 Å². The SMILES string of the molecule is CN(Cc1nc2ccccc2n1C)C(=O)N[C@H]1C[C@H]2C(=O)NCC(=O)N2C1. The van der Waals surface area contributed by atoms with Crippen LogP contribution in [0.1, 0.15) is 12.2 Å². The van der Waals surface area contributed by atoms with Gasteiger partial charge in [-0.15, -0.1) is 0 Å². The number of nitrogens with zero attached hydrogens (tertiary/aromatic N) is 4. The molecule has 0 aliphatic carbocycles. The van der Waals surface area contributed by atoms with Crippen molar-refractivity contribution in [2.75, 3.05) is 20.1 Å². The lowest BCUT2D eigenvalue weighted by atomic mass is 10.1. The van der Waals surface area contributed by atoms with E-state index >= 15 is 0 Å². The van der Waals surface area contributed by atoms with Gasteiger partial charge in [0.25, 0.3) is 0 Å². The van der Waals surface area contributed by atoms with Crippen LogP contribution in [0.15, 0.2) is 24.3 Å². The predicted octanol–water partition coefficient (Wildman–Crippen LogP) is -0.186. The number of benzene rings is 1. The molecule has 2 aliphatic heterocycles. The van der Waals surface area contributed by atoms with E-state index in [1.807, 2.05) is 35.9 Å². The Morgan fingerprint density at radius 1 is 1.37 bits per heavy atom. The van der Waals surface area contributed by atoms with Gasteiger partial charge in [-0.25, -0.2) is 9.78 Å². The number of aryl methyl sites for hydroxylation is 1. The molecule has 2 N–H and O–H groups in total. The van der Waals surface area contributed by atoms with Crippen LogP contribution in [0.2, 0.25) is 0 Å². The molecule has 3 heterocycles. The van der Waals surface area contributed by atoms with Gasteiger partial charge in [0.15, 0.2) is 0 Å².